The van der Waals surface area contributed by atoms with E-state index in [9.17, 15) is 10.1 Å². The van der Waals surface area contributed by atoms with E-state index in [1.807, 2.05) is 23.9 Å². The summed E-state index contributed by atoms with van der Waals surface area (Å²) in [7, 11) is 1.97. The largest absolute Gasteiger partial charge is 0.270 e. The Labute approximate surface area is 81.6 Å². The molecule has 0 saturated carbocycles. The molecule has 1 aliphatic heterocycles. The first-order chi connectivity index (χ1) is 6.66. The zero-order chi connectivity index (χ0) is 10.1. The second-order valence-electron chi connectivity index (χ2n) is 3.50. The molecule has 0 unspecified atom stereocenters. The molecule has 4 heteroatoms. The SMILES string of the molecule is C[N+]1=Cc2cc([N+](=O)[O-])ccc2CC1. The average molecular weight is 191 g/mol. The van der Waals surface area contributed by atoms with Gasteiger partial charge >= 0.3 is 0 Å². The van der Waals surface area contributed by atoms with E-state index in [0.717, 1.165) is 18.5 Å². The maximum Gasteiger partial charge on any atom is 0.270 e. The standard InChI is InChI=1S/C10H11N2O2/c1-11-5-4-8-2-3-10(12(13)14)6-9(8)7-11/h2-3,6-7H,4-5H2,1H3/q+1. The number of nitrogens with zero attached hydrogens (tertiary/aromatic N) is 2. The number of nitro groups is 1. The van der Waals surface area contributed by atoms with Crippen LogP contribution in [0.4, 0.5) is 5.69 Å². The van der Waals surface area contributed by atoms with Crippen LogP contribution in [-0.4, -0.2) is 29.3 Å². The molecular weight excluding hydrogens is 180 g/mol. The number of benzene rings is 1. The fourth-order valence-electron chi connectivity index (χ4n) is 1.64. The van der Waals surface area contributed by atoms with Gasteiger partial charge in [-0.15, -0.1) is 0 Å². The van der Waals surface area contributed by atoms with Gasteiger partial charge in [0.15, 0.2) is 6.21 Å². The van der Waals surface area contributed by atoms with E-state index < -0.39 is 0 Å². The summed E-state index contributed by atoms with van der Waals surface area (Å²) >= 11 is 0. The molecule has 72 valence electrons. The molecular formula is C10H11N2O2+. The minimum absolute atomic E-state index is 0.162. The molecule has 0 saturated heterocycles. The molecule has 0 aromatic heterocycles. The molecule has 1 aliphatic rings. The Balaban J connectivity index is 2.49. The molecule has 14 heavy (non-hydrogen) atoms. The zero-order valence-electron chi connectivity index (χ0n) is 7.93. The molecule has 1 aromatic rings. The van der Waals surface area contributed by atoms with Gasteiger partial charge in [-0.05, 0) is 5.56 Å². The monoisotopic (exact) mass is 191 g/mol. The van der Waals surface area contributed by atoms with Crippen molar-refractivity contribution in [1.29, 1.82) is 0 Å². The molecule has 1 aromatic carbocycles. The Morgan fingerprint density at radius 2 is 2.29 bits per heavy atom. The first-order valence-electron chi connectivity index (χ1n) is 4.49. The number of rotatable bonds is 1. The molecule has 0 aliphatic carbocycles. The number of non-ortho nitro benzene ring substituents is 1. The topological polar surface area (TPSA) is 46.1 Å². The number of fused-ring (bicyclic) bond motifs is 1. The summed E-state index contributed by atoms with van der Waals surface area (Å²) in [6.07, 6.45) is 2.91. The summed E-state index contributed by atoms with van der Waals surface area (Å²) in [6.45, 7) is 0.977. The molecule has 0 N–H and O–H groups in total. The van der Waals surface area contributed by atoms with Gasteiger partial charge in [0.1, 0.15) is 13.6 Å². The fraction of sp³-hybridized carbons (Fsp3) is 0.300. The van der Waals surface area contributed by atoms with Gasteiger partial charge in [0.2, 0.25) is 0 Å². The third-order valence-corrected chi connectivity index (χ3v) is 2.43. The zero-order valence-corrected chi connectivity index (χ0v) is 7.93. The van der Waals surface area contributed by atoms with E-state index in [0.29, 0.717) is 0 Å². The Kier molecular flexibility index (Phi) is 2.04. The summed E-state index contributed by atoms with van der Waals surface area (Å²) in [4.78, 5) is 10.2. The van der Waals surface area contributed by atoms with Crippen molar-refractivity contribution >= 4 is 11.9 Å². The summed E-state index contributed by atoms with van der Waals surface area (Å²) in [6, 6.07) is 5.04. The van der Waals surface area contributed by atoms with Crippen molar-refractivity contribution in [3.05, 3.63) is 39.4 Å². The lowest BCUT2D eigenvalue weighted by atomic mass is 10.0. The lowest BCUT2D eigenvalue weighted by molar-refractivity contribution is -0.493. The Morgan fingerprint density at radius 1 is 1.50 bits per heavy atom. The number of hydrogen-bond acceptors (Lipinski definition) is 2. The fourth-order valence-corrected chi connectivity index (χ4v) is 1.64. The van der Waals surface area contributed by atoms with Crippen LogP contribution in [0.5, 0.6) is 0 Å². The number of likely N-dealkylation sites (N-methyl/N-ethyl adjacent to an activating group) is 1. The molecule has 4 nitrogen and oxygen atoms in total. The van der Waals surface area contributed by atoms with Crippen molar-refractivity contribution < 1.29 is 9.50 Å². The van der Waals surface area contributed by atoms with E-state index >= 15 is 0 Å². The quantitative estimate of drug-likeness (QED) is 0.380. The number of hydrogen-bond donors (Lipinski definition) is 0. The lowest BCUT2D eigenvalue weighted by Crippen LogP contribution is -2.18. The molecule has 0 radical (unpaired) electrons. The van der Waals surface area contributed by atoms with E-state index in [1.54, 1.807) is 12.1 Å². The predicted octanol–water partition coefficient (Wildman–Crippen LogP) is 1.21. The third kappa shape index (κ3) is 1.51. The second-order valence-corrected chi connectivity index (χ2v) is 3.50. The van der Waals surface area contributed by atoms with Gasteiger partial charge in [0.05, 0.1) is 4.92 Å². The first-order valence-corrected chi connectivity index (χ1v) is 4.49. The van der Waals surface area contributed by atoms with E-state index in [2.05, 4.69) is 0 Å². The van der Waals surface area contributed by atoms with E-state index in [-0.39, 0.29) is 10.6 Å². The molecule has 1 heterocycles. The Bertz CT molecular complexity index is 424. The minimum atomic E-state index is -0.358. The highest BCUT2D eigenvalue weighted by molar-refractivity contribution is 5.80. The van der Waals surface area contributed by atoms with Crippen molar-refractivity contribution in [1.82, 2.24) is 0 Å². The summed E-state index contributed by atoms with van der Waals surface area (Å²) in [5.74, 6) is 0. The van der Waals surface area contributed by atoms with E-state index in [1.165, 1.54) is 5.56 Å². The smallest absolute Gasteiger partial charge is 0.258 e. The van der Waals surface area contributed by atoms with Crippen molar-refractivity contribution in [3.63, 3.8) is 0 Å². The highest BCUT2D eigenvalue weighted by atomic mass is 16.6. The van der Waals surface area contributed by atoms with Gasteiger partial charge < -0.3 is 0 Å². The molecule has 0 bridgehead atoms. The van der Waals surface area contributed by atoms with Crippen LogP contribution in [0.2, 0.25) is 0 Å². The van der Waals surface area contributed by atoms with Gasteiger partial charge in [-0.1, -0.05) is 6.07 Å². The molecule has 0 atom stereocenters. The summed E-state index contributed by atoms with van der Waals surface area (Å²) in [5.41, 5.74) is 2.32. The molecule has 0 spiro atoms. The molecule has 2 rings (SSSR count). The van der Waals surface area contributed by atoms with Crippen LogP contribution < -0.4 is 0 Å². The number of nitro benzene ring substituents is 1. The van der Waals surface area contributed by atoms with Gasteiger partial charge in [-0.3, -0.25) is 10.1 Å². The highest BCUT2D eigenvalue weighted by Gasteiger charge is 2.16. The predicted molar refractivity (Wildman–Crippen MR) is 53.0 cm³/mol. The lowest BCUT2D eigenvalue weighted by Gasteiger charge is -2.08. The third-order valence-electron chi connectivity index (χ3n) is 2.43. The van der Waals surface area contributed by atoms with Crippen LogP contribution in [0.15, 0.2) is 18.2 Å². The van der Waals surface area contributed by atoms with Crippen LogP contribution in [0.25, 0.3) is 0 Å². The highest BCUT2D eigenvalue weighted by Crippen LogP contribution is 2.18. The van der Waals surface area contributed by atoms with Crippen LogP contribution in [0.3, 0.4) is 0 Å². The van der Waals surface area contributed by atoms with Gasteiger partial charge in [-0.2, -0.15) is 0 Å². The maximum absolute atomic E-state index is 10.5. The van der Waals surface area contributed by atoms with Crippen LogP contribution in [0.1, 0.15) is 11.1 Å². The normalized spacial score (nSPS) is 14.5. The molecule has 0 fully saturated rings. The van der Waals surface area contributed by atoms with E-state index in [4.69, 9.17) is 0 Å². The average Bonchev–Trinajstić information content (AvgIpc) is 2.16. The first kappa shape index (κ1) is 8.87. The Hall–Kier alpha value is -1.71. The Morgan fingerprint density at radius 3 is 3.00 bits per heavy atom. The maximum atomic E-state index is 10.5. The van der Waals surface area contributed by atoms with Crippen molar-refractivity contribution in [3.8, 4) is 0 Å². The summed E-state index contributed by atoms with van der Waals surface area (Å²) in [5, 5.41) is 10.5. The second kappa shape index (κ2) is 3.21. The van der Waals surface area contributed by atoms with Gasteiger partial charge in [0, 0.05) is 24.1 Å². The van der Waals surface area contributed by atoms with Crippen molar-refractivity contribution in [2.45, 2.75) is 6.42 Å². The minimum Gasteiger partial charge on any atom is -0.258 e. The van der Waals surface area contributed by atoms with Crippen LogP contribution >= 0.6 is 0 Å². The van der Waals surface area contributed by atoms with Crippen molar-refractivity contribution in [2.24, 2.45) is 0 Å². The van der Waals surface area contributed by atoms with Crippen molar-refractivity contribution in [2.75, 3.05) is 13.6 Å². The summed E-state index contributed by atoms with van der Waals surface area (Å²) < 4.78 is 2.05. The van der Waals surface area contributed by atoms with Crippen LogP contribution in [-0.2, 0) is 6.42 Å². The van der Waals surface area contributed by atoms with Gasteiger partial charge in [0.25, 0.3) is 5.69 Å². The van der Waals surface area contributed by atoms with Gasteiger partial charge in [-0.25, -0.2) is 4.58 Å². The van der Waals surface area contributed by atoms with Crippen LogP contribution in [0, 0.1) is 10.1 Å². The molecule has 0 amide bonds.